The third-order valence-electron chi connectivity index (χ3n) is 3.12. The third-order valence-corrected chi connectivity index (χ3v) is 3.12. The maximum atomic E-state index is 8.98. The van der Waals surface area contributed by atoms with Crippen LogP contribution in [0.15, 0.2) is 0 Å². The first-order chi connectivity index (χ1) is 7.38. The topological polar surface area (TPSA) is 47.3 Å². The molecule has 15 heavy (non-hydrogen) atoms. The minimum Gasteiger partial charge on any atom is -0.396 e. The molecule has 1 heterocycles. The molecule has 3 heteroatoms. The summed E-state index contributed by atoms with van der Waals surface area (Å²) in [5.74, 6) is 0. The van der Waals surface area contributed by atoms with Gasteiger partial charge >= 0.3 is 0 Å². The minimum absolute atomic E-state index is 0.164. The van der Waals surface area contributed by atoms with Crippen molar-refractivity contribution in [3.63, 3.8) is 0 Å². The van der Waals surface area contributed by atoms with Crippen molar-refractivity contribution in [2.75, 3.05) is 19.7 Å². The Morgan fingerprint density at radius 3 is 2.73 bits per heavy atom. The van der Waals surface area contributed by atoms with Crippen LogP contribution in [0.2, 0.25) is 0 Å². The van der Waals surface area contributed by atoms with Gasteiger partial charge in [-0.2, -0.15) is 5.26 Å². The molecule has 3 nitrogen and oxygen atoms in total. The Labute approximate surface area is 92.7 Å². The lowest BCUT2D eigenvalue weighted by atomic mass is 10.0. The first-order valence-corrected chi connectivity index (χ1v) is 6.13. The number of hydrogen-bond donors (Lipinski definition) is 1. The quantitative estimate of drug-likeness (QED) is 0.681. The van der Waals surface area contributed by atoms with Gasteiger partial charge in [-0.1, -0.05) is 12.8 Å². The summed E-state index contributed by atoms with van der Waals surface area (Å²) in [4.78, 5) is 2.32. The van der Waals surface area contributed by atoms with Crippen molar-refractivity contribution in [3.05, 3.63) is 0 Å². The molecule has 0 aromatic heterocycles. The smallest absolute Gasteiger partial charge is 0.0977 e. The van der Waals surface area contributed by atoms with Crippen molar-refractivity contribution < 1.29 is 5.11 Å². The highest BCUT2D eigenvalue weighted by atomic mass is 16.2. The standard InChI is InChI=1S/C12H22N2O/c13-11-12-7-3-5-9-14(12)8-4-1-2-6-10-15/h12,15H,1-10H2. The normalized spacial score (nSPS) is 22.5. The highest BCUT2D eigenvalue weighted by Gasteiger charge is 2.20. The van der Waals surface area contributed by atoms with E-state index in [0.717, 1.165) is 38.8 Å². The largest absolute Gasteiger partial charge is 0.396 e. The SMILES string of the molecule is N#CC1CCCCN1CCCCCCO. The van der Waals surface area contributed by atoms with Crippen LogP contribution in [0.4, 0.5) is 0 Å². The molecule has 1 N–H and O–H groups in total. The number of rotatable bonds is 6. The fourth-order valence-corrected chi connectivity index (χ4v) is 2.19. The van der Waals surface area contributed by atoms with Gasteiger partial charge in [0, 0.05) is 6.61 Å². The second-order valence-corrected chi connectivity index (χ2v) is 4.31. The van der Waals surface area contributed by atoms with Crippen LogP contribution >= 0.6 is 0 Å². The molecule has 0 aromatic rings. The number of piperidine rings is 1. The maximum absolute atomic E-state index is 8.98. The maximum Gasteiger partial charge on any atom is 0.0977 e. The lowest BCUT2D eigenvalue weighted by Crippen LogP contribution is -2.39. The van der Waals surface area contributed by atoms with E-state index < -0.39 is 0 Å². The van der Waals surface area contributed by atoms with E-state index in [1.54, 1.807) is 0 Å². The van der Waals surface area contributed by atoms with Crippen molar-refractivity contribution in [1.29, 1.82) is 5.26 Å². The van der Waals surface area contributed by atoms with E-state index in [0.29, 0.717) is 6.61 Å². The summed E-state index contributed by atoms with van der Waals surface area (Å²) in [5.41, 5.74) is 0. The molecule has 1 aliphatic rings. The van der Waals surface area contributed by atoms with Gasteiger partial charge in [0.2, 0.25) is 0 Å². The van der Waals surface area contributed by atoms with Crippen LogP contribution in [-0.4, -0.2) is 35.7 Å². The molecule has 0 aromatic carbocycles. The predicted octanol–water partition coefficient (Wildman–Crippen LogP) is 1.92. The number of unbranched alkanes of at least 4 members (excludes halogenated alkanes) is 3. The number of nitrogens with zero attached hydrogens (tertiary/aromatic N) is 2. The van der Waals surface area contributed by atoms with Crippen LogP contribution in [-0.2, 0) is 0 Å². The van der Waals surface area contributed by atoms with Crippen molar-refractivity contribution >= 4 is 0 Å². The van der Waals surface area contributed by atoms with E-state index >= 15 is 0 Å². The van der Waals surface area contributed by atoms with Crippen molar-refractivity contribution in [1.82, 2.24) is 4.90 Å². The Kier molecular flexibility index (Phi) is 6.38. The monoisotopic (exact) mass is 210 g/mol. The van der Waals surface area contributed by atoms with E-state index in [-0.39, 0.29) is 6.04 Å². The van der Waals surface area contributed by atoms with Crippen LogP contribution in [0.1, 0.15) is 44.9 Å². The molecule has 1 atom stereocenters. The van der Waals surface area contributed by atoms with E-state index in [1.165, 1.54) is 19.3 Å². The van der Waals surface area contributed by atoms with Crippen LogP contribution in [0.3, 0.4) is 0 Å². The highest BCUT2D eigenvalue weighted by Crippen LogP contribution is 2.17. The van der Waals surface area contributed by atoms with E-state index in [4.69, 9.17) is 10.4 Å². The zero-order valence-corrected chi connectivity index (χ0v) is 9.49. The number of nitriles is 1. The van der Waals surface area contributed by atoms with Crippen LogP contribution in [0.25, 0.3) is 0 Å². The van der Waals surface area contributed by atoms with Gasteiger partial charge in [0.15, 0.2) is 0 Å². The van der Waals surface area contributed by atoms with E-state index in [1.807, 2.05) is 0 Å². The number of likely N-dealkylation sites (tertiary alicyclic amines) is 1. The van der Waals surface area contributed by atoms with Gasteiger partial charge < -0.3 is 5.11 Å². The average molecular weight is 210 g/mol. The zero-order valence-electron chi connectivity index (χ0n) is 9.49. The van der Waals surface area contributed by atoms with Gasteiger partial charge in [0.1, 0.15) is 0 Å². The van der Waals surface area contributed by atoms with Crippen LogP contribution in [0, 0.1) is 11.3 Å². The molecule has 0 bridgehead atoms. The van der Waals surface area contributed by atoms with Gasteiger partial charge in [-0.25, -0.2) is 0 Å². The Bertz CT molecular complexity index is 200. The van der Waals surface area contributed by atoms with Gasteiger partial charge in [0.25, 0.3) is 0 Å². The predicted molar refractivity (Wildman–Crippen MR) is 60.4 cm³/mol. The fourth-order valence-electron chi connectivity index (χ4n) is 2.19. The number of hydrogen-bond acceptors (Lipinski definition) is 3. The van der Waals surface area contributed by atoms with Gasteiger partial charge in [0.05, 0.1) is 12.1 Å². The number of aliphatic hydroxyl groups excluding tert-OH is 1. The molecule has 0 amide bonds. The third kappa shape index (κ3) is 4.63. The first-order valence-electron chi connectivity index (χ1n) is 6.13. The summed E-state index contributed by atoms with van der Waals surface area (Å²) in [6.07, 6.45) is 7.87. The number of aliphatic hydroxyl groups is 1. The summed E-state index contributed by atoms with van der Waals surface area (Å²) >= 11 is 0. The van der Waals surface area contributed by atoms with Gasteiger partial charge in [-0.15, -0.1) is 0 Å². The van der Waals surface area contributed by atoms with Crippen molar-refractivity contribution in [2.24, 2.45) is 0 Å². The summed E-state index contributed by atoms with van der Waals surface area (Å²) in [7, 11) is 0. The zero-order chi connectivity index (χ0) is 10.9. The fraction of sp³-hybridized carbons (Fsp3) is 0.917. The van der Waals surface area contributed by atoms with Gasteiger partial charge in [-0.3, -0.25) is 4.90 Å². The second-order valence-electron chi connectivity index (χ2n) is 4.31. The van der Waals surface area contributed by atoms with Crippen LogP contribution < -0.4 is 0 Å². The summed E-state index contributed by atoms with van der Waals surface area (Å²) in [6, 6.07) is 2.56. The molecular formula is C12H22N2O. The molecule has 0 saturated carbocycles. The molecule has 0 radical (unpaired) electrons. The Hall–Kier alpha value is -0.590. The molecule has 1 saturated heterocycles. The van der Waals surface area contributed by atoms with E-state index in [9.17, 15) is 0 Å². The second kappa shape index (κ2) is 7.67. The molecule has 0 spiro atoms. The minimum atomic E-state index is 0.164. The van der Waals surface area contributed by atoms with E-state index in [2.05, 4.69) is 11.0 Å². The molecule has 1 rings (SSSR count). The summed E-state index contributed by atoms with van der Waals surface area (Å²) < 4.78 is 0. The Morgan fingerprint density at radius 1 is 1.20 bits per heavy atom. The summed E-state index contributed by atoms with van der Waals surface area (Å²) in [6.45, 7) is 2.46. The van der Waals surface area contributed by atoms with Gasteiger partial charge in [-0.05, 0) is 45.2 Å². The van der Waals surface area contributed by atoms with Crippen LogP contribution in [0.5, 0.6) is 0 Å². The lowest BCUT2D eigenvalue weighted by molar-refractivity contribution is 0.180. The highest BCUT2D eigenvalue weighted by molar-refractivity contribution is 4.93. The lowest BCUT2D eigenvalue weighted by Gasteiger charge is -2.31. The summed E-state index contributed by atoms with van der Waals surface area (Å²) in [5, 5.41) is 17.6. The average Bonchev–Trinajstić information content (AvgIpc) is 2.29. The molecule has 1 aliphatic heterocycles. The molecular weight excluding hydrogens is 188 g/mol. The molecule has 1 fully saturated rings. The molecule has 86 valence electrons. The van der Waals surface area contributed by atoms with Crippen molar-refractivity contribution in [3.8, 4) is 6.07 Å². The molecule has 0 aliphatic carbocycles. The Morgan fingerprint density at radius 2 is 2.00 bits per heavy atom. The Balaban J connectivity index is 2.10. The first kappa shape index (κ1) is 12.5. The molecule has 1 unspecified atom stereocenters. The van der Waals surface area contributed by atoms with Crippen molar-refractivity contribution in [2.45, 2.75) is 51.0 Å².